The highest BCUT2D eigenvalue weighted by Gasteiger charge is 2.19. The molecule has 0 spiro atoms. The van der Waals surface area contributed by atoms with Crippen molar-refractivity contribution in [2.75, 3.05) is 26.2 Å². The summed E-state index contributed by atoms with van der Waals surface area (Å²) in [4.78, 5) is 0. The molecule has 0 radical (unpaired) electrons. The lowest BCUT2D eigenvalue weighted by molar-refractivity contribution is 0.251. The van der Waals surface area contributed by atoms with Crippen molar-refractivity contribution in [1.82, 2.24) is 9.03 Å². The van der Waals surface area contributed by atoms with Crippen molar-refractivity contribution >= 4 is 10.2 Å². The summed E-state index contributed by atoms with van der Waals surface area (Å²) >= 11 is 0. The van der Waals surface area contributed by atoms with Crippen LogP contribution in [0.3, 0.4) is 0 Å². The van der Waals surface area contributed by atoms with Gasteiger partial charge in [-0.05, 0) is 12.8 Å². The van der Waals surface area contributed by atoms with Gasteiger partial charge in [-0.1, -0.05) is 20.3 Å². The molecule has 0 amide bonds. The molecule has 5 nitrogen and oxygen atoms in total. The Hall–Kier alpha value is -0.170. The van der Waals surface area contributed by atoms with Crippen molar-refractivity contribution in [2.24, 2.45) is 0 Å². The van der Waals surface area contributed by atoms with E-state index in [0.717, 1.165) is 19.3 Å². The van der Waals surface area contributed by atoms with E-state index in [9.17, 15) is 8.42 Å². The van der Waals surface area contributed by atoms with Gasteiger partial charge in [0.25, 0.3) is 10.2 Å². The van der Waals surface area contributed by atoms with Gasteiger partial charge in [0.1, 0.15) is 0 Å². The predicted molar refractivity (Wildman–Crippen MR) is 60.8 cm³/mol. The SMILES string of the molecule is CCCCN(CCO)S(=O)(=O)NCCC. The maximum absolute atomic E-state index is 11.7. The van der Waals surface area contributed by atoms with E-state index < -0.39 is 10.2 Å². The first-order valence-electron chi connectivity index (χ1n) is 5.44. The lowest BCUT2D eigenvalue weighted by Crippen LogP contribution is -2.42. The summed E-state index contributed by atoms with van der Waals surface area (Å²) in [6, 6.07) is 0. The molecule has 0 aliphatic heterocycles. The Balaban J connectivity index is 4.30. The molecule has 0 aromatic carbocycles. The van der Waals surface area contributed by atoms with Crippen LogP contribution < -0.4 is 4.72 Å². The molecule has 0 rings (SSSR count). The molecule has 0 bridgehead atoms. The van der Waals surface area contributed by atoms with Crippen LogP contribution in [0.1, 0.15) is 33.1 Å². The lowest BCUT2D eigenvalue weighted by Gasteiger charge is -2.21. The van der Waals surface area contributed by atoms with Crippen molar-refractivity contribution < 1.29 is 13.5 Å². The zero-order chi connectivity index (χ0) is 11.7. The van der Waals surface area contributed by atoms with Gasteiger partial charge in [-0.2, -0.15) is 12.7 Å². The van der Waals surface area contributed by atoms with Gasteiger partial charge >= 0.3 is 0 Å². The van der Waals surface area contributed by atoms with E-state index >= 15 is 0 Å². The summed E-state index contributed by atoms with van der Waals surface area (Å²) in [6.07, 6.45) is 2.51. The number of aliphatic hydroxyl groups excluding tert-OH is 1. The van der Waals surface area contributed by atoms with Crippen molar-refractivity contribution in [1.29, 1.82) is 0 Å². The number of rotatable bonds is 9. The van der Waals surface area contributed by atoms with Gasteiger partial charge in [-0.25, -0.2) is 4.72 Å². The summed E-state index contributed by atoms with van der Waals surface area (Å²) in [5.74, 6) is 0. The number of hydrogen-bond donors (Lipinski definition) is 2. The molecule has 0 aliphatic rings. The molecule has 15 heavy (non-hydrogen) atoms. The summed E-state index contributed by atoms with van der Waals surface area (Å²) in [5.41, 5.74) is 0. The molecule has 0 aromatic heterocycles. The Morgan fingerprint density at radius 3 is 2.33 bits per heavy atom. The monoisotopic (exact) mass is 238 g/mol. The van der Waals surface area contributed by atoms with Gasteiger partial charge in [0.15, 0.2) is 0 Å². The fraction of sp³-hybridized carbons (Fsp3) is 1.00. The highest BCUT2D eigenvalue weighted by atomic mass is 32.2. The third kappa shape index (κ3) is 6.09. The van der Waals surface area contributed by atoms with E-state index in [4.69, 9.17) is 5.11 Å². The Kier molecular flexibility index (Phi) is 7.95. The Labute approximate surface area is 92.7 Å². The van der Waals surface area contributed by atoms with Gasteiger partial charge in [0.2, 0.25) is 0 Å². The maximum atomic E-state index is 11.7. The molecule has 0 aromatic rings. The second-order valence-electron chi connectivity index (χ2n) is 3.38. The number of unbranched alkanes of at least 4 members (excludes halogenated alkanes) is 1. The van der Waals surface area contributed by atoms with Gasteiger partial charge < -0.3 is 5.11 Å². The maximum Gasteiger partial charge on any atom is 0.279 e. The topological polar surface area (TPSA) is 69.6 Å². The van der Waals surface area contributed by atoms with Crippen LogP contribution in [0.2, 0.25) is 0 Å². The molecule has 0 heterocycles. The number of aliphatic hydroxyl groups is 1. The Morgan fingerprint density at radius 1 is 1.20 bits per heavy atom. The molecule has 0 saturated carbocycles. The van der Waals surface area contributed by atoms with E-state index in [0.29, 0.717) is 13.1 Å². The van der Waals surface area contributed by atoms with Gasteiger partial charge in [-0.3, -0.25) is 0 Å². The fourth-order valence-electron chi connectivity index (χ4n) is 1.12. The van der Waals surface area contributed by atoms with Crippen LogP contribution in [0.25, 0.3) is 0 Å². The fourth-order valence-corrected chi connectivity index (χ4v) is 2.46. The zero-order valence-corrected chi connectivity index (χ0v) is 10.4. The Bertz CT molecular complexity index is 242. The molecule has 92 valence electrons. The second kappa shape index (κ2) is 8.04. The van der Waals surface area contributed by atoms with Crippen molar-refractivity contribution in [3.8, 4) is 0 Å². The minimum absolute atomic E-state index is 0.142. The third-order valence-electron chi connectivity index (χ3n) is 1.98. The van der Waals surface area contributed by atoms with E-state index in [1.165, 1.54) is 4.31 Å². The van der Waals surface area contributed by atoms with Crippen LogP contribution in [0.15, 0.2) is 0 Å². The number of nitrogens with zero attached hydrogens (tertiary/aromatic N) is 1. The normalized spacial score (nSPS) is 12.3. The quantitative estimate of drug-likeness (QED) is 0.608. The van der Waals surface area contributed by atoms with Crippen molar-refractivity contribution in [2.45, 2.75) is 33.1 Å². The predicted octanol–water partition coefficient (Wildman–Crippen LogP) is 0.325. The largest absolute Gasteiger partial charge is 0.395 e. The zero-order valence-electron chi connectivity index (χ0n) is 9.57. The standard InChI is InChI=1S/C9H22N2O3S/c1-3-5-7-11(8-9-12)15(13,14)10-6-4-2/h10,12H,3-9H2,1-2H3. The molecule has 6 heteroatoms. The minimum Gasteiger partial charge on any atom is -0.395 e. The summed E-state index contributed by atoms with van der Waals surface area (Å²) in [7, 11) is -3.40. The average Bonchev–Trinajstić information content (AvgIpc) is 2.21. The molecule has 0 saturated heterocycles. The van der Waals surface area contributed by atoms with Gasteiger partial charge in [-0.15, -0.1) is 0 Å². The summed E-state index contributed by atoms with van der Waals surface area (Å²) in [6.45, 7) is 4.84. The second-order valence-corrected chi connectivity index (χ2v) is 5.13. The first kappa shape index (κ1) is 14.8. The Morgan fingerprint density at radius 2 is 1.87 bits per heavy atom. The third-order valence-corrected chi connectivity index (χ3v) is 3.60. The summed E-state index contributed by atoms with van der Waals surface area (Å²) in [5, 5.41) is 8.79. The van der Waals surface area contributed by atoms with E-state index in [2.05, 4.69) is 4.72 Å². The van der Waals surface area contributed by atoms with Crippen LogP contribution in [0.4, 0.5) is 0 Å². The minimum atomic E-state index is -3.40. The van der Waals surface area contributed by atoms with Gasteiger partial charge in [0.05, 0.1) is 6.61 Å². The first-order chi connectivity index (χ1) is 7.08. The highest BCUT2D eigenvalue weighted by molar-refractivity contribution is 7.87. The van der Waals surface area contributed by atoms with E-state index in [-0.39, 0.29) is 13.2 Å². The van der Waals surface area contributed by atoms with Gasteiger partial charge in [0, 0.05) is 19.6 Å². The number of nitrogens with one attached hydrogen (secondary N) is 1. The van der Waals surface area contributed by atoms with Crippen LogP contribution in [-0.4, -0.2) is 44.1 Å². The molecule has 0 fully saturated rings. The van der Waals surface area contributed by atoms with Crippen molar-refractivity contribution in [3.05, 3.63) is 0 Å². The molecule has 0 aliphatic carbocycles. The highest BCUT2D eigenvalue weighted by Crippen LogP contribution is 2.01. The van der Waals surface area contributed by atoms with Crippen LogP contribution in [0.5, 0.6) is 0 Å². The molecular weight excluding hydrogens is 216 g/mol. The molecule has 2 N–H and O–H groups in total. The van der Waals surface area contributed by atoms with Crippen LogP contribution in [-0.2, 0) is 10.2 Å². The van der Waals surface area contributed by atoms with E-state index in [1.54, 1.807) is 0 Å². The summed E-state index contributed by atoms with van der Waals surface area (Å²) < 4.78 is 27.2. The first-order valence-corrected chi connectivity index (χ1v) is 6.88. The van der Waals surface area contributed by atoms with Crippen LogP contribution >= 0.6 is 0 Å². The van der Waals surface area contributed by atoms with E-state index in [1.807, 2.05) is 13.8 Å². The average molecular weight is 238 g/mol. The smallest absolute Gasteiger partial charge is 0.279 e. The van der Waals surface area contributed by atoms with Crippen LogP contribution in [0, 0.1) is 0 Å². The molecule has 0 atom stereocenters. The molecule has 0 unspecified atom stereocenters. The lowest BCUT2D eigenvalue weighted by atomic mass is 10.3. The van der Waals surface area contributed by atoms with Crippen molar-refractivity contribution in [3.63, 3.8) is 0 Å². The number of hydrogen-bond acceptors (Lipinski definition) is 3. The molecular formula is C9H22N2O3S.